The van der Waals surface area contributed by atoms with Gasteiger partial charge >= 0.3 is 5.97 Å². The van der Waals surface area contributed by atoms with Gasteiger partial charge in [-0.1, -0.05) is 0 Å². The molecule has 0 saturated carbocycles. The van der Waals surface area contributed by atoms with Gasteiger partial charge in [0.25, 0.3) is 0 Å². The van der Waals surface area contributed by atoms with E-state index in [2.05, 4.69) is 9.72 Å². The first-order valence-corrected chi connectivity index (χ1v) is 5.81. The van der Waals surface area contributed by atoms with Crippen LogP contribution in [0, 0.1) is 0 Å². The highest BCUT2D eigenvalue weighted by molar-refractivity contribution is 5.88. The van der Waals surface area contributed by atoms with Gasteiger partial charge in [0, 0.05) is 12.3 Å². The maximum Gasteiger partial charge on any atom is 0.356 e. The van der Waals surface area contributed by atoms with Crippen molar-refractivity contribution in [2.75, 3.05) is 13.7 Å². The Morgan fingerprint density at radius 3 is 2.89 bits per heavy atom. The van der Waals surface area contributed by atoms with E-state index in [0.29, 0.717) is 17.1 Å². The molecule has 19 heavy (non-hydrogen) atoms. The SMILES string of the molecule is COC(=O)c1cnc2cc(OCC(C)(C)O)ccn12. The molecule has 2 rings (SSSR count). The van der Waals surface area contributed by atoms with Gasteiger partial charge in [0.1, 0.15) is 18.0 Å². The molecule has 0 saturated heterocycles. The van der Waals surface area contributed by atoms with Crippen LogP contribution in [0.25, 0.3) is 5.65 Å². The van der Waals surface area contributed by atoms with Gasteiger partial charge in [-0.3, -0.25) is 4.40 Å². The van der Waals surface area contributed by atoms with Gasteiger partial charge in [0.15, 0.2) is 5.69 Å². The van der Waals surface area contributed by atoms with Crippen molar-refractivity contribution < 1.29 is 19.4 Å². The van der Waals surface area contributed by atoms with Crippen molar-refractivity contribution >= 4 is 11.6 Å². The number of aliphatic hydroxyl groups is 1. The fraction of sp³-hybridized carbons (Fsp3) is 0.385. The summed E-state index contributed by atoms with van der Waals surface area (Å²) in [5.41, 5.74) is 0.0267. The summed E-state index contributed by atoms with van der Waals surface area (Å²) in [7, 11) is 1.32. The van der Waals surface area contributed by atoms with Crippen LogP contribution < -0.4 is 4.74 Å². The Bertz CT molecular complexity index is 598. The van der Waals surface area contributed by atoms with Gasteiger partial charge in [0.05, 0.1) is 18.9 Å². The van der Waals surface area contributed by atoms with Gasteiger partial charge in [-0.25, -0.2) is 9.78 Å². The van der Waals surface area contributed by atoms with Gasteiger partial charge in [-0.15, -0.1) is 0 Å². The summed E-state index contributed by atoms with van der Waals surface area (Å²) in [5, 5.41) is 9.59. The summed E-state index contributed by atoms with van der Waals surface area (Å²) in [6.07, 6.45) is 3.12. The molecule has 0 aliphatic heterocycles. The van der Waals surface area contributed by atoms with Gasteiger partial charge in [-0.05, 0) is 19.9 Å². The molecule has 0 aliphatic carbocycles. The number of esters is 1. The highest BCUT2D eigenvalue weighted by atomic mass is 16.5. The maximum atomic E-state index is 11.5. The molecular formula is C13H16N2O4. The predicted molar refractivity (Wildman–Crippen MR) is 68.3 cm³/mol. The fourth-order valence-electron chi connectivity index (χ4n) is 1.57. The fourth-order valence-corrected chi connectivity index (χ4v) is 1.57. The Morgan fingerprint density at radius 2 is 2.26 bits per heavy atom. The second-order valence-corrected chi connectivity index (χ2v) is 4.83. The molecule has 2 heterocycles. The van der Waals surface area contributed by atoms with E-state index in [1.54, 1.807) is 36.6 Å². The molecule has 102 valence electrons. The van der Waals surface area contributed by atoms with E-state index in [1.165, 1.54) is 13.3 Å². The number of pyridine rings is 1. The summed E-state index contributed by atoms with van der Waals surface area (Å²) in [5.74, 6) is 0.134. The number of hydrogen-bond acceptors (Lipinski definition) is 5. The molecule has 0 unspecified atom stereocenters. The molecule has 0 spiro atoms. The van der Waals surface area contributed by atoms with Crippen LogP contribution in [0.15, 0.2) is 24.5 Å². The number of carbonyl (C=O) groups is 1. The molecular weight excluding hydrogens is 248 g/mol. The van der Waals surface area contributed by atoms with Crippen molar-refractivity contribution in [2.24, 2.45) is 0 Å². The monoisotopic (exact) mass is 264 g/mol. The molecule has 0 atom stereocenters. The third-order valence-corrected chi connectivity index (χ3v) is 2.47. The van der Waals surface area contributed by atoms with Crippen LogP contribution in [0.1, 0.15) is 24.3 Å². The Kier molecular flexibility index (Phi) is 3.44. The number of methoxy groups -OCH3 is 1. The first-order valence-electron chi connectivity index (χ1n) is 5.81. The van der Waals surface area contributed by atoms with E-state index in [9.17, 15) is 9.90 Å². The summed E-state index contributed by atoms with van der Waals surface area (Å²) in [6, 6.07) is 3.39. The number of rotatable bonds is 4. The van der Waals surface area contributed by atoms with Crippen molar-refractivity contribution in [1.82, 2.24) is 9.38 Å². The zero-order chi connectivity index (χ0) is 14.0. The Morgan fingerprint density at radius 1 is 1.53 bits per heavy atom. The topological polar surface area (TPSA) is 73.1 Å². The van der Waals surface area contributed by atoms with Crippen molar-refractivity contribution in [2.45, 2.75) is 19.4 Å². The van der Waals surface area contributed by atoms with Gasteiger partial charge < -0.3 is 14.6 Å². The molecule has 6 heteroatoms. The van der Waals surface area contributed by atoms with Crippen LogP contribution in [-0.2, 0) is 4.74 Å². The number of hydrogen-bond donors (Lipinski definition) is 1. The predicted octanol–water partition coefficient (Wildman–Crippen LogP) is 1.27. The molecule has 0 aromatic carbocycles. The van der Waals surface area contributed by atoms with E-state index < -0.39 is 11.6 Å². The van der Waals surface area contributed by atoms with Crippen LogP contribution >= 0.6 is 0 Å². The Labute approximate surface area is 110 Å². The lowest BCUT2D eigenvalue weighted by molar-refractivity contribution is 0.0285. The second-order valence-electron chi connectivity index (χ2n) is 4.83. The van der Waals surface area contributed by atoms with E-state index in [4.69, 9.17) is 4.74 Å². The van der Waals surface area contributed by atoms with Crippen molar-refractivity contribution in [3.8, 4) is 5.75 Å². The van der Waals surface area contributed by atoms with E-state index >= 15 is 0 Å². The number of ether oxygens (including phenoxy) is 2. The smallest absolute Gasteiger partial charge is 0.356 e. The van der Waals surface area contributed by atoms with Gasteiger partial charge in [-0.2, -0.15) is 0 Å². The standard InChI is InChI=1S/C13H16N2O4/c1-13(2,17)8-19-9-4-5-15-10(12(16)18-3)7-14-11(15)6-9/h4-7,17H,8H2,1-3H3. The normalized spacial score (nSPS) is 11.6. The molecule has 2 aromatic heterocycles. The highest BCUT2D eigenvalue weighted by Gasteiger charge is 2.15. The molecule has 0 amide bonds. The van der Waals surface area contributed by atoms with Crippen LogP contribution in [-0.4, -0.2) is 39.8 Å². The summed E-state index contributed by atoms with van der Waals surface area (Å²) in [4.78, 5) is 15.6. The molecule has 0 aliphatic rings. The summed E-state index contributed by atoms with van der Waals surface area (Å²) in [6.45, 7) is 3.50. The largest absolute Gasteiger partial charge is 0.490 e. The van der Waals surface area contributed by atoms with E-state index in [1.807, 2.05) is 0 Å². The van der Waals surface area contributed by atoms with Crippen LogP contribution in [0.4, 0.5) is 0 Å². The number of nitrogens with zero attached hydrogens (tertiary/aromatic N) is 2. The molecule has 2 aromatic rings. The lowest BCUT2D eigenvalue weighted by Gasteiger charge is -2.17. The number of aromatic nitrogens is 2. The maximum absolute atomic E-state index is 11.5. The van der Waals surface area contributed by atoms with Crippen molar-refractivity contribution in [3.63, 3.8) is 0 Å². The Balaban J connectivity index is 2.25. The minimum Gasteiger partial charge on any atom is -0.490 e. The lowest BCUT2D eigenvalue weighted by Crippen LogP contribution is -2.27. The molecule has 0 radical (unpaired) electrons. The van der Waals surface area contributed by atoms with Gasteiger partial charge in [0.2, 0.25) is 0 Å². The third kappa shape index (κ3) is 3.03. The molecule has 0 bridgehead atoms. The molecule has 1 N–H and O–H groups in total. The summed E-state index contributed by atoms with van der Waals surface area (Å²) >= 11 is 0. The van der Waals surface area contributed by atoms with Crippen LogP contribution in [0.5, 0.6) is 5.75 Å². The minimum atomic E-state index is -0.904. The first-order chi connectivity index (χ1) is 8.90. The van der Waals surface area contributed by atoms with Crippen LogP contribution in [0.2, 0.25) is 0 Å². The zero-order valence-electron chi connectivity index (χ0n) is 11.1. The lowest BCUT2D eigenvalue weighted by atomic mass is 10.2. The quantitative estimate of drug-likeness (QED) is 0.842. The average Bonchev–Trinajstić information content (AvgIpc) is 2.77. The third-order valence-electron chi connectivity index (χ3n) is 2.47. The average molecular weight is 264 g/mol. The molecule has 0 fully saturated rings. The molecule has 6 nitrogen and oxygen atoms in total. The highest BCUT2D eigenvalue weighted by Crippen LogP contribution is 2.17. The zero-order valence-corrected chi connectivity index (χ0v) is 11.1. The second kappa shape index (κ2) is 4.89. The van der Waals surface area contributed by atoms with Crippen LogP contribution in [0.3, 0.4) is 0 Å². The Hall–Kier alpha value is -2.08. The number of fused-ring (bicyclic) bond motifs is 1. The number of imidazole rings is 1. The van der Waals surface area contributed by atoms with E-state index in [-0.39, 0.29) is 6.61 Å². The first kappa shape index (κ1) is 13.4. The summed E-state index contributed by atoms with van der Waals surface area (Å²) < 4.78 is 11.7. The van der Waals surface area contributed by atoms with Crippen molar-refractivity contribution in [1.29, 1.82) is 0 Å². The minimum absolute atomic E-state index is 0.174. The van der Waals surface area contributed by atoms with E-state index in [0.717, 1.165) is 0 Å². The van der Waals surface area contributed by atoms with Crippen molar-refractivity contribution in [3.05, 3.63) is 30.2 Å². The number of carbonyl (C=O) groups excluding carboxylic acids is 1.